The van der Waals surface area contributed by atoms with E-state index in [9.17, 15) is 19.2 Å². The number of nitriles is 1. The number of nitrogens with one attached hydrogen (secondary N) is 1. The molecule has 0 radical (unpaired) electrons. The fourth-order valence-electron chi connectivity index (χ4n) is 6.50. The first-order chi connectivity index (χ1) is 25.5. The molecule has 2 heterocycles. The maximum atomic E-state index is 14.6. The van der Waals surface area contributed by atoms with Gasteiger partial charge in [-0.1, -0.05) is 54.6 Å². The smallest absolute Gasteiger partial charge is 0.330 e. The number of aromatic amines is 1. The van der Waals surface area contributed by atoms with Gasteiger partial charge in [0.05, 0.1) is 52.2 Å². The molecule has 3 aromatic carbocycles. The van der Waals surface area contributed by atoms with Gasteiger partial charge < -0.3 is 28.0 Å². The largest absolute Gasteiger partial charge is 0.497 e. The van der Waals surface area contributed by atoms with Crippen LogP contribution in [-0.4, -0.2) is 65.9 Å². The standard InChI is InChI=1S/C39H46FN4O8P/c1-26(2)44(27(3)4)53(50-22-10-21-41)52-34-23-36(43-24-33(40)37(45)42-38(43)46)51-35(34)25-49-39(28-11-8-7-9-12-28,29-13-17-31(47-5)18-14-29)30-15-19-32(48-6)20-16-30/h7-9,11-20,24,26-27,34-36H,10,22-23,25H2,1-6H3,(H,42,45,46)/t34-,35-,36-,53?/m1/s1. The number of nitrogens with zero attached hydrogens (tertiary/aromatic N) is 3. The average Bonchev–Trinajstić information content (AvgIpc) is 3.56. The third-order valence-electron chi connectivity index (χ3n) is 8.94. The second-order valence-corrected chi connectivity index (χ2v) is 14.4. The van der Waals surface area contributed by atoms with Gasteiger partial charge in [0, 0.05) is 18.5 Å². The fraction of sp³-hybridized carbons (Fsp3) is 0.410. The number of hydrogen-bond donors (Lipinski definition) is 1. The van der Waals surface area contributed by atoms with Crippen LogP contribution in [0.1, 0.15) is 63.5 Å². The SMILES string of the molecule is COc1ccc(C(OC[C@H]2O[C@@H](n3cc(F)c(=O)[nH]c3=O)C[C@H]2OP(OCCC#N)N(C(C)C)C(C)C)(c2ccccc2)c2ccc(OC)cc2)cc1. The molecule has 1 aliphatic rings. The van der Waals surface area contributed by atoms with Gasteiger partial charge in [-0.25, -0.2) is 9.46 Å². The fourth-order valence-corrected chi connectivity index (χ4v) is 8.26. The molecule has 1 aliphatic heterocycles. The Labute approximate surface area is 310 Å². The van der Waals surface area contributed by atoms with Crippen LogP contribution in [0.4, 0.5) is 4.39 Å². The van der Waals surface area contributed by atoms with Crippen LogP contribution >= 0.6 is 8.53 Å². The molecule has 12 nitrogen and oxygen atoms in total. The van der Waals surface area contributed by atoms with Crippen molar-refractivity contribution in [3.8, 4) is 17.6 Å². The van der Waals surface area contributed by atoms with Gasteiger partial charge in [0.15, 0.2) is 0 Å². The summed E-state index contributed by atoms with van der Waals surface area (Å²) in [6.45, 7) is 8.21. The predicted molar refractivity (Wildman–Crippen MR) is 198 cm³/mol. The minimum atomic E-state index is -1.74. The third-order valence-corrected chi connectivity index (χ3v) is 11.1. The highest BCUT2D eigenvalue weighted by Gasteiger charge is 2.45. The summed E-state index contributed by atoms with van der Waals surface area (Å²) in [6.07, 6.45) is -1.44. The van der Waals surface area contributed by atoms with Gasteiger partial charge in [-0.3, -0.25) is 14.3 Å². The topological polar surface area (TPSA) is 137 Å². The highest BCUT2D eigenvalue weighted by Crippen LogP contribution is 2.50. The number of H-pyrrole nitrogens is 1. The van der Waals surface area contributed by atoms with Crippen molar-refractivity contribution < 1.29 is 32.4 Å². The maximum absolute atomic E-state index is 14.6. The molecule has 0 spiro atoms. The molecule has 5 rings (SSSR count). The van der Waals surface area contributed by atoms with E-state index in [-0.39, 0.29) is 38.1 Å². The van der Waals surface area contributed by atoms with E-state index < -0.39 is 49.6 Å². The van der Waals surface area contributed by atoms with Crippen LogP contribution in [0.3, 0.4) is 0 Å². The highest BCUT2D eigenvalue weighted by molar-refractivity contribution is 7.44. The van der Waals surface area contributed by atoms with Crippen LogP contribution in [0.15, 0.2) is 94.6 Å². The Morgan fingerprint density at radius 2 is 1.51 bits per heavy atom. The number of ether oxygens (including phenoxy) is 4. The van der Waals surface area contributed by atoms with Crippen molar-refractivity contribution in [1.82, 2.24) is 14.2 Å². The van der Waals surface area contributed by atoms with Gasteiger partial charge >= 0.3 is 5.69 Å². The molecule has 14 heteroatoms. The Bertz CT molecular complexity index is 1880. The molecule has 0 bridgehead atoms. The summed E-state index contributed by atoms with van der Waals surface area (Å²) in [5.41, 5.74) is -0.711. The van der Waals surface area contributed by atoms with E-state index in [1.54, 1.807) is 14.2 Å². The molecule has 0 amide bonds. The zero-order valence-corrected chi connectivity index (χ0v) is 31.6. The molecular weight excluding hydrogens is 702 g/mol. The molecule has 0 aliphatic carbocycles. The quantitative estimate of drug-likeness (QED) is 0.0710. The lowest BCUT2D eigenvalue weighted by Gasteiger charge is -2.39. The lowest BCUT2D eigenvalue weighted by molar-refractivity contribution is -0.0927. The van der Waals surface area contributed by atoms with E-state index in [4.69, 9.17) is 28.0 Å². The van der Waals surface area contributed by atoms with E-state index in [0.29, 0.717) is 11.5 Å². The second kappa shape index (κ2) is 18.1. The van der Waals surface area contributed by atoms with Crippen molar-refractivity contribution in [3.63, 3.8) is 0 Å². The zero-order valence-electron chi connectivity index (χ0n) is 30.7. The summed E-state index contributed by atoms with van der Waals surface area (Å²) in [4.78, 5) is 26.9. The summed E-state index contributed by atoms with van der Waals surface area (Å²) in [5, 5.41) is 9.26. The highest BCUT2D eigenvalue weighted by atomic mass is 31.2. The molecule has 53 heavy (non-hydrogen) atoms. The van der Waals surface area contributed by atoms with Crippen LogP contribution in [-0.2, 0) is 24.1 Å². The Balaban J connectivity index is 1.60. The van der Waals surface area contributed by atoms with E-state index in [2.05, 4.69) is 10.7 Å². The molecule has 4 aromatic rings. The first kappa shape index (κ1) is 39.8. The van der Waals surface area contributed by atoms with Crippen molar-refractivity contribution in [2.75, 3.05) is 27.4 Å². The van der Waals surface area contributed by atoms with Crippen molar-refractivity contribution in [2.24, 2.45) is 0 Å². The minimum absolute atomic E-state index is 0.0165. The van der Waals surface area contributed by atoms with Gasteiger partial charge in [0.1, 0.15) is 29.4 Å². The van der Waals surface area contributed by atoms with Gasteiger partial charge in [0.2, 0.25) is 5.82 Å². The van der Waals surface area contributed by atoms with E-state index in [0.717, 1.165) is 27.5 Å². The van der Waals surface area contributed by atoms with Crippen molar-refractivity contribution in [3.05, 3.63) is 128 Å². The minimum Gasteiger partial charge on any atom is -0.497 e. The van der Waals surface area contributed by atoms with Gasteiger partial charge in [-0.05, 0) is 68.7 Å². The summed E-state index contributed by atoms with van der Waals surface area (Å²) < 4.78 is 55.3. The third kappa shape index (κ3) is 9.04. The monoisotopic (exact) mass is 748 g/mol. The first-order valence-electron chi connectivity index (χ1n) is 17.4. The van der Waals surface area contributed by atoms with Crippen LogP contribution < -0.4 is 20.7 Å². The van der Waals surface area contributed by atoms with Gasteiger partial charge in [-0.2, -0.15) is 9.65 Å². The summed E-state index contributed by atoms with van der Waals surface area (Å²) in [6, 6.07) is 27.1. The maximum Gasteiger partial charge on any atom is 0.330 e. The van der Waals surface area contributed by atoms with Gasteiger partial charge in [-0.15, -0.1) is 0 Å². The number of benzene rings is 3. The lowest BCUT2D eigenvalue weighted by Crippen LogP contribution is -2.39. The average molecular weight is 749 g/mol. The Morgan fingerprint density at radius 3 is 2.04 bits per heavy atom. The number of halogens is 1. The molecule has 282 valence electrons. The zero-order chi connectivity index (χ0) is 38.1. The molecule has 1 N–H and O–H groups in total. The van der Waals surface area contributed by atoms with Crippen molar-refractivity contribution in [2.45, 2.75) is 76.7 Å². The van der Waals surface area contributed by atoms with Gasteiger partial charge in [0.25, 0.3) is 14.1 Å². The molecule has 1 unspecified atom stereocenters. The molecule has 1 aromatic heterocycles. The molecule has 1 saturated heterocycles. The Hall–Kier alpha value is -4.41. The number of hydrogen-bond acceptors (Lipinski definition) is 10. The number of methoxy groups -OCH3 is 2. The van der Waals surface area contributed by atoms with Crippen molar-refractivity contribution in [1.29, 1.82) is 5.26 Å². The number of aromatic nitrogens is 2. The lowest BCUT2D eigenvalue weighted by atomic mass is 9.80. The van der Waals surface area contributed by atoms with Crippen LogP contribution in [0, 0.1) is 17.1 Å². The summed E-state index contributed by atoms with van der Waals surface area (Å²) in [7, 11) is 1.46. The number of rotatable bonds is 17. The molecule has 1 fully saturated rings. The first-order valence-corrected chi connectivity index (χ1v) is 18.5. The van der Waals surface area contributed by atoms with E-state index in [1.807, 2.05) is 112 Å². The molecule has 0 saturated carbocycles. The van der Waals surface area contributed by atoms with Crippen molar-refractivity contribution >= 4 is 8.53 Å². The van der Waals surface area contributed by atoms with E-state index >= 15 is 0 Å². The molecular formula is C39H46FN4O8P. The van der Waals surface area contributed by atoms with Crippen LogP contribution in [0.25, 0.3) is 0 Å². The molecule has 4 atom stereocenters. The summed E-state index contributed by atoms with van der Waals surface area (Å²) >= 11 is 0. The predicted octanol–water partition coefficient (Wildman–Crippen LogP) is 6.65. The Morgan fingerprint density at radius 1 is 0.943 bits per heavy atom. The van der Waals surface area contributed by atoms with E-state index in [1.165, 1.54) is 0 Å². The second-order valence-electron chi connectivity index (χ2n) is 13.0. The van der Waals surface area contributed by atoms with Crippen LogP contribution in [0.2, 0.25) is 0 Å². The Kier molecular flexibility index (Phi) is 13.6. The normalized spacial score (nSPS) is 18.0. The van der Waals surface area contributed by atoms with Crippen LogP contribution in [0.5, 0.6) is 11.5 Å². The summed E-state index contributed by atoms with van der Waals surface area (Å²) in [5.74, 6) is 0.216.